The number of rotatable bonds is 9. The molecular formula is C38H44BrN5O3S. The molecule has 3 saturated heterocycles. The molecule has 10 heteroatoms. The number of hydrogen-bond donors (Lipinski definition) is 1. The van der Waals surface area contributed by atoms with Crippen LogP contribution in [-0.2, 0) is 15.4 Å². The Labute approximate surface area is 292 Å². The number of aromatic nitrogens is 2. The van der Waals surface area contributed by atoms with Crippen LogP contribution in [0.2, 0.25) is 0 Å². The molecule has 4 aliphatic rings. The number of piperidine rings is 2. The molecular weight excluding hydrogens is 686 g/mol. The van der Waals surface area contributed by atoms with Crippen LogP contribution >= 0.6 is 15.9 Å². The molecule has 4 aromatic rings. The number of halogens is 1. The van der Waals surface area contributed by atoms with Crippen LogP contribution in [0, 0.1) is 6.92 Å². The van der Waals surface area contributed by atoms with Crippen LogP contribution in [0.1, 0.15) is 85.6 Å². The first-order valence-electron chi connectivity index (χ1n) is 17.6. The maximum Gasteiger partial charge on any atom is 0.253 e. The number of para-hydroxylation sites is 2. The van der Waals surface area contributed by atoms with Gasteiger partial charge in [-0.25, -0.2) is 18.1 Å². The third kappa shape index (κ3) is 6.03. The van der Waals surface area contributed by atoms with Crippen LogP contribution in [-0.4, -0.2) is 71.4 Å². The van der Waals surface area contributed by atoms with E-state index in [2.05, 4.69) is 91.6 Å². The second kappa shape index (κ2) is 12.7. The van der Waals surface area contributed by atoms with E-state index in [1.807, 2.05) is 4.90 Å². The van der Waals surface area contributed by atoms with Crippen LogP contribution in [0.3, 0.4) is 0 Å². The maximum atomic E-state index is 13.8. The van der Waals surface area contributed by atoms with Gasteiger partial charge in [-0.05, 0) is 128 Å². The second-order valence-corrected chi connectivity index (χ2v) is 17.0. The number of aryl methyl sites for hydroxylation is 1. The highest BCUT2D eigenvalue weighted by Crippen LogP contribution is 2.45. The molecule has 3 atom stereocenters. The Morgan fingerprint density at radius 2 is 1.60 bits per heavy atom. The van der Waals surface area contributed by atoms with Crippen molar-refractivity contribution in [1.29, 1.82) is 0 Å². The fourth-order valence-corrected chi connectivity index (χ4v) is 11.2. The summed E-state index contributed by atoms with van der Waals surface area (Å²) >= 11 is 3.40. The van der Waals surface area contributed by atoms with E-state index in [1.165, 1.54) is 42.8 Å². The van der Waals surface area contributed by atoms with E-state index >= 15 is 0 Å². The summed E-state index contributed by atoms with van der Waals surface area (Å²) in [7, 11) is -3.70. The molecule has 4 heterocycles. The molecule has 0 radical (unpaired) electrons. The number of likely N-dealkylation sites (tertiary alicyclic amines) is 1. The van der Waals surface area contributed by atoms with Crippen LogP contribution in [0.4, 0.5) is 0 Å². The van der Waals surface area contributed by atoms with E-state index < -0.39 is 10.0 Å². The van der Waals surface area contributed by atoms with Crippen molar-refractivity contribution in [1.82, 2.24) is 24.1 Å². The summed E-state index contributed by atoms with van der Waals surface area (Å²) in [5, 5.41) is 0. The highest BCUT2D eigenvalue weighted by molar-refractivity contribution is 9.10. The number of hydrogen-bond acceptors (Lipinski definition) is 5. The Morgan fingerprint density at radius 1 is 0.917 bits per heavy atom. The molecule has 1 N–H and O–H groups in total. The number of carbonyl (C=O) groups is 1. The number of sulfonamides is 1. The Hall–Kier alpha value is -3.05. The summed E-state index contributed by atoms with van der Waals surface area (Å²) in [5.74, 6) is 1.02. The Balaban J connectivity index is 0.967. The van der Waals surface area contributed by atoms with Crippen LogP contribution in [0.5, 0.6) is 0 Å². The first-order valence-corrected chi connectivity index (χ1v) is 19.8. The predicted octanol–water partition coefficient (Wildman–Crippen LogP) is 6.98. The third-order valence-corrected chi connectivity index (χ3v) is 14.1. The first kappa shape index (κ1) is 32.2. The lowest BCUT2D eigenvalue weighted by molar-refractivity contribution is 0.0606. The second-order valence-electron chi connectivity index (χ2n) is 14.5. The predicted molar refractivity (Wildman–Crippen MR) is 192 cm³/mol. The Morgan fingerprint density at radius 3 is 2.31 bits per heavy atom. The van der Waals surface area contributed by atoms with Crippen molar-refractivity contribution in [3.8, 4) is 0 Å². The SMILES string of the molecule is Cc1nc2ccccc2n1C1C[C@H]2CC[C@@H](C1)N2CCC1(c2ccccc2)CCN(C(=O)c2ccc(Br)c(S(=O)(=O)NC3CC3)c2)CC1. The lowest BCUT2D eigenvalue weighted by atomic mass is 9.70. The molecule has 4 fully saturated rings. The lowest BCUT2D eigenvalue weighted by Crippen LogP contribution is -2.49. The van der Waals surface area contributed by atoms with E-state index in [4.69, 9.17) is 4.98 Å². The summed E-state index contributed by atoms with van der Waals surface area (Å²) in [6, 6.07) is 26.0. The van der Waals surface area contributed by atoms with Gasteiger partial charge in [0.05, 0.1) is 15.9 Å². The van der Waals surface area contributed by atoms with Crippen molar-refractivity contribution in [2.75, 3.05) is 19.6 Å². The van der Waals surface area contributed by atoms with E-state index in [9.17, 15) is 13.2 Å². The number of fused-ring (bicyclic) bond motifs is 3. The summed E-state index contributed by atoms with van der Waals surface area (Å²) in [4.78, 5) is 23.5. The quantitative estimate of drug-likeness (QED) is 0.201. The van der Waals surface area contributed by atoms with E-state index in [-0.39, 0.29) is 22.3 Å². The van der Waals surface area contributed by atoms with Gasteiger partial charge in [0.1, 0.15) is 5.82 Å². The minimum Gasteiger partial charge on any atom is -0.339 e. The van der Waals surface area contributed by atoms with Gasteiger partial charge >= 0.3 is 0 Å². The zero-order valence-corrected chi connectivity index (χ0v) is 29.9. The number of nitrogens with zero attached hydrogens (tertiary/aromatic N) is 4. The molecule has 3 aromatic carbocycles. The monoisotopic (exact) mass is 729 g/mol. The van der Waals surface area contributed by atoms with Gasteiger partial charge < -0.3 is 9.47 Å². The average molecular weight is 731 g/mol. The van der Waals surface area contributed by atoms with E-state index in [0.717, 1.165) is 50.0 Å². The van der Waals surface area contributed by atoms with Crippen molar-refractivity contribution >= 4 is 42.9 Å². The maximum absolute atomic E-state index is 13.8. The topological polar surface area (TPSA) is 87.5 Å². The van der Waals surface area contributed by atoms with Gasteiger partial charge in [-0.1, -0.05) is 42.5 Å². The van der Waals surface area contributed by atoms with Gasteiger partial charge in [-0.3, -0.25) is 9.69 Å². The number of imidazole rings is 1. The molecule has 252 valence electrons. The number of amides is 1. The fraction of sp³-hybridized carbons (Fsp3) is 0.474. The van der Waals surface area contributed by atoms with Gasteiger partial charge in [-0.2, -0.15) is 0 Å². The molecule has 1 saturated carbocycles. The van der Waals surface area contributed by atoms with Gasteiger partial charge in [-0.15, -0.1) is 0 Å². The molecule has 48 heavy (non-hydrogen) atoms. The zero-order chi connectivity index (χ0) is 33.0. The van der Waals surface area contributed by atoms with Gasteiger partial charge in [0.2, 0.25) is 10.0 Å². The van der Waals surface area contributed by atoms with Crippen LogP contribution in [0.15, 0.2) is 82.2 Å². The zero-order valence-electron chi connectivity index (χ0n) is 27.5. The minimum absolute atomic E-state index is 0.00255. The molecule has 2 bridgehead atoms. The molecule has 1 aliphatic carbocycles. The van der Waals surface area contributed by atoms with Crippen LogP contribution in [0.25, 0.3) is 11.0 Å². The van der Waals surface area contributed by atoms with Gasteiger partial charge in [0, 0.05) is 47.3 Å². The molecule has 8 rings (SSSR count). The fourth-order valence-electron chi connectivity index (χ4n) is 8.91. The van der Waals surface area contributed by atoms with E-state index in [0.29, 0.717) is 41.3 Å². The number of nitrogens with one attached hydrogen (secondary N) is 1. The van der Waals surface area contributed by atoms with Crippen molar-refractivity contribution in [3.05, 3.63) is 94.2 Å². The summed E-state index contributed by atoms with van der Waals surface area (Å²) in [6.45, 7) is 4.51. The average Bonchev–Trinajstić information content (AvgIpc) is 3.78. The lowest BCUT2D eigenvalue weighted by Gasteiger charge is -2.45. The number of carbonyl (C=O) groups excluding carboxylic acids is 1. The van der Waals surface area contributed by atoms with Crippen LogP contribution < -0.4 is 4.72 Å². The van der Waals surface area contributed by atoms with Crippen molar-refractivity contribution in [2.45, 2.75) is 99.2 Å². The molecule has 1 amide bonds. The highest BCUT2D eigenvalue weighted by atomic mass is 79.9. The molecule has 1 aromatic heterocycles. The first-order chi connectivity index (χ1) is 23.2. The normalized spacial score (nSPS) is 24.3. The van der Waals surface area contributed by atoms with Crippen molar-refractivity contribution in [3.63, 3.8) is 0 Å². The Kier molecular flexibility index (Phi) is 8.50. The Bertz CT molecular complexity index is 1920. The summed E-state index contributed by atoms with van der Waals surface area (Å²) in [6.07, 6.45) is 9.40. The highest BCUT2D eigenvalue weighted by Gasteiger charge is 2.44. The van der Waals surface area contributed by atoms with Crippen molar-refractivity contribution < 1.29 is 13.2 Å². The van der Waals surface area contributed by atoms with E-state index in [1.54, 1.807) is 12.1 Å². The molecule has 1 unspecified atom stereocenters. The van der Waals surface area contributed by atoms with Crippen molar-refractivity contribution in [2.24, 2.45) is 0 Å². The molecule has 8 nitrogen and oxygen atoms in total. The minimum atomic E-state index is -3.70. The largest absolute Gasteiger partial charge is 0.339 e. The summed E-state index contributed by atoms with van der Waals surface area (Å²) < 4.78 is 31.8. The molecule has 3 aliphatic heterocycles. The standard InChI is InChI=1S/C38H44BrN5O3S/c1-26-40-34-9-5-6-10-35(34)44(26)32-24-30-14-15-31(25-32)43(30)22-19-38(28-7-3-2-4-8-28)17-20-42(21-18-38)37(45)27-11-16-33(39)36(23-27)48(46,47)41-29-12-13-29/h2-11,16,23,29-32,41H,12-15,17-22,24-25H2,1H3/t30-,31+,32?. The summed E-state index contributed by atoms with van der Waals surface area (Å²) in [5.41, 5.74) is 4.13. The van der Waals surface area contributed by atoms with Gasteiger partial charge in [0.15, 0.2) is 0 Å². The smallest absolute Gasteiger partial charge is 0.253 e. The van der Waals surface area contributed by atoms with Gasteiger partial charge in [0.25, 0.3) is 5.91 Å². The number of benzene rings is 3. The third-order valence-electron chi connectivity index (χ3n) is 11.6. The molecule has 0 spiro atoms.